The van der Waals surface area contributed by atoms with Gasteiger partial charge >= 0.3 is 5.97 Å². The SMILES string of the molecule is Cc1nn(C)c(C)c1C(=O)OCC(=O)N1CCN(c2oc(-c3ccco3)nc2C#N)CC1. The van der Waals surface area contributed by atoms with Crippen molar-refractivity contribution in [2.45, 2.75) is 13.8 Å². The summed E-state index contributed by atoms with van der Waals surface area (Å²) >= 11 is 0. The third kappa shape index (κ3) is 3.94. The Morgan fingerprint density at radius 2 is 2.00 bits per heavy atom. The summed E-state index contributed by atoms with van der Waals surface area (Å²) in [5, 5.41) is 13.6. The fourth-order valence-corrected chi connectivity index (χ4v) is 3.62. The van der Waals surface area contributed by atoms with Gasteiger partial charge in [0, 0.05) is 38.9 Å². The Balaban J connectivity index is 1.34. The number of carbonyl (C=O) groups excluding carboxylic acids is 2. The van der Waals surface area contributed by atoms with Crippen LogP contribution in [0.4, 0.5) is 5.88 Å². The molecule has 0 spiro atoms. The zero-order chi connectivity index (χ0) is 22.8. The molecule has 4 heterocycles. The molecule has 3 aromatic rings. The summed E-state index contributed by atoms with van der Waals surface area (Å²) in [6.07, 6.45) is 1.50. The van der Waals surface area contributed by atoms with Crippen molar-refractivity contribution < 1.29 is 23.2 Å². The van der Waals surface area contributed by atoms with Gasteiger partial charge in [0.05, 0.1) is 12.0 Å². The van der Waals surface area contributed by atoms with E-state index >= 15 is 0 Å². The molecule has 11 heteroatoms. The molecule has 1 amide bonds. The molecule has 1 aliphatic rings. The number of esters is 1. The summed E-state index contributed by atoms with van der Waals surface area (Å²) in [6.45, 7) is 4.83. The van der Waals surface area contributed by atoms with Crippen LogP contribution < -0.4 is 4.90 Å². The lowest BCUT2D eigenvalue weighted by molar-refractivity contribution is -0.134. The third-order valence-electron chi connectivity index (χ3n) is 5.41. The zero-order valence-electron chi connectivity index (χ0n) is 18.0. The van der Waals surface area contributed by atoms with Crippen LogP contribution in [-0.2, 0) is 16.6 Å². The van der Waals surface area contributed by atoms with Gasteiger partial charge in [-0.2, -0.15) is 15.3 Å². The highest BCUT2D eigenvalue weighted by Gasteiger charge is 2.28. The molecule has 0 saturated carbocycles. The molecule has 0 aliphatic carbocycles. The van der Waals surface area contributed by atoms with Crippen molar-refractivity contribution in [2.75, 3.05) is 37.7 Å². The fourth-order valence-electron chi connectivity index (χ4n) is 3.62. The number of carbonyl (C=O) groups is 2. The first-order chi connectivity index (χ1) is 15.4. The maximum absolute atomic E-state index is 12.5. The van der Waals surface area contributed by atoms with E-state index in [4.69, 9.17) is 13.6 Å². The van der Waals surface area contributed by atoms with E-state index in [1.807, 2.05) is 11.0 Å². The van der Waals surface area contributed by atoms with Crippen molar-refractivity contribution in [2.24, 2.45) is 7.05 Å². The quantitative estimate of drug-likeness (QED) is 0.546. The van der Waals surface area contributed by atoms with Crippen molar-refractivity contribution in [3.63, 3.8) is 0 Å². The number of nitriles is 1. The Morgan fingerprint density at radius 1 is 1.25 bits per heavy atom. The second kappa shape index (κ2) is 8.58. The van der Waals surface area contributed by atoms with Gasteiger partial charge in [0.2, 0.25) is 11.6 Å². The minimum Gasteiger partial charge on any atom is -0.459 e. The van der Waals surface area contributed by atoms with E-state index in [9.17, 15) is 14.9 Å². The normalized spacial score (nSPS) is 13.8. The second-order valence-corrected chi connectivity index (χ2v) is 7.38. The molecular formula is C21H22N6O5. The largest absolute Gasteiger partial charge is 0.459 e. The zero-order valence-corrected chi connectivity index (χ0v) is 18.0. The van der Waals surface area contributed by atoms with E-state index in [-0.39, 0.29) is 24.1 Å². The number of rotatable bonds is 5. The second-order valence-electron chi connectivity index (χ2n) is 7.38. The van der Waals surface area contributed by atoms with Crippen molar-refractivity contribution >= 4 is 17.8 Å². The predicted molar refractivity (Wildman–Crippen MR) is 111 cm³/mol. The molecule has 1 fully saturated rings. The van der Waals surface area contributed by atoms with Crippen molar-refractivity contribution in [3.8, 4) is 17.7 Å². The summed E-state index contributed by atoms with van der Waals surface area (Å²) in [5.41, 5.74) is 1.78. The number of hydrogen-bond donors (Lipinski definition) is 0. The number of oxazole rings is 1. The van der Waals surface area contributed by atoms with Crippen molar-refractivity contribution in [1.29, 1.82) is 5.26 Å². The van der Waals surface area contributed by atoms with E-state index in [1.165, 1.54) is 6.26 Å². The standard InChI is InChI=1S/C21H22N6O5/c1-13-18(14(2)25(3)24-13)21(29)31-12-17(28)26-6-8-27(9-7-26)20-15(11-22)23-19(32-20)16-5-4-10-30-16/h4-5,10H,6-9,12H2,1-3H3. The van der Waals surface area contributed by atoms with Gasteiger partial charge in [0.15, 0.2) is 12.4 Å². The molecule has 3 aromatic heterocycles. The number of anilines is 1. The third-order valence-corrected chi connectivity index (χ3v) is 5.41. The lowest BCUT2D eigenvalue weighted by atomic mass is 10.2. The van der Waals surface area contributed by atoms with E-state index in [0.29, 0.717) is 54.8 Å². The molecular weight excluding hydrogens is 416 g/mol. The Hall–Kier alpha value is -4.07. The molecule has 166 valence electrons. The van der Waals surface area contributed by atoms with Crippen LogP contribution in [0.15, 0.2) is 27.2 Å². The lowest BCUT2D eigenvalue weighted by Crippen LogP contribution is -2.50. The monoisotopic (exact) mass is 438 g/mol. The maximum Gasteiger partial charge on any atom is 0.342 e. The maximum atomic E-state index is 12.5. The van der Waals surface area contributed by atoms with Crippen LogP contribution >= 0.6 is 0 Å². The van der Waals surface area contributed by atoms with Gasteiger partial charge in [-0.1, -0.05) is 0 Å². The van der Waals surface area contributed by atoms with Gasteiger partial charge in [-0.05, 0) is 26.0 Å². The van der Waals surface area contributed by atoms with Crippen LogP contribution in [0.5, 0.6) is 0 Å². The van der Waals surface area contributed by atoms with Gasteiger partial charge < -0.3 is 23.4 Å². The Bertz CT molecular complexity index is 1180. The Kier molecular flexibility index (Phi) is 5.68. The van der Waals surface area contributed by atoms with E-state index < -0.39 is 5.97 Å². The number of nitrogens with zero attached hydrogens (tertiary/aromatic N) is 6. The van der Waals surface area contributed by atoms with Crippen molar-refractivity contribution in [3.05, 3.63) is 41.0 Å². The Labute approximate surface area is 183 Å². The van der Waals surface area contributed by atoms with Crippen LogP contribution in [0.3, 0.4) is 0 Å². The number of amides is 1. The van der Waals surface area contributed by atoms with Crippen LogP contribution in [0.1, 0.15) is 27.4 Å². The summed E-state index contributed by atoms with van der Waals surface area (Å²) in [4.78, 5) is 32.6. The van der Waals surface area contributed by atoms with Crippen LogP contribution in [0.2, 0.25) is 0 Å². The smallest absolute Gasteiger partial charge is 0.342 e. The number of ether oxygens (including phenoxy) is 1. The van der Waals surface area contributed by atoms with Crippen LogP contribution in [0, 0.1) is 25.2 Å². The van der Waals surface area contributed by atoms with E-state index in [0.717, 1.165) is 0 Å². The molecule has 1 saturated heterocycles. The van der Waals surface area contributed by atoms with Crippen molar-refractivity contribution in [1.82, 2.24) is 19.7 Å². The van der Waals surface area contributed by atoms with E-state index in [1.54, 1.807) is 42.6 Å². The molecule has 32 heavy (non-hydrogen) atoms. The molecule has 11 nitrogen and oxygen atoms in total. The fraction of sp³-hybridized carbons (Fsp3) is 0.381. The molecule has 1 aliphatic heterocycles. The number of piperazine rings is 1. The first-order valence-corrected chi connectivity index (χ1v) is 10.0. The van der Waals surface area contributed by atoms with Gasteiger partial charge in [0.25, 0.3) is 11.8 Å². The number of furan rings is 1. The van der Waals surface area contributed by atoms with Gasteiger partial charge in [0.1, 0.15) is 11.6 Å². The molecule has 4 rings (SSSR count). The summed E-state index contributed by atoms with van der Waals surface area (Å²) < 4.78 is 17.9. The van der Waals surface area contributed by atoms with Gasteiger partial charge in [-0.25, -0.2) is 4.79 Å². The minimum atomic E-state index is -0.564. The lowest BCUT2D eigenvalue weighted by Gasteiger charge is -2.34. The highest BCUT2D eigenvalue weighted by atomic mass is 16.5. The highest BCUT2D eigenvalue weighted by Crippen LogP contribution is 2.29. The molecule has 0 atom stereocenters. The number of aryl methyl sites for hydroxylation is 2. The predicted octanol–water partition coefficient (Wildman–Crippen LogP) is 1.66. The average Bonchev–Trinajstić information content (AvgIpc) is 3.51. The van der Waals surface area contributed by atoms with Crippen LogP contribution in [-0.4, -0.2) is 64.3 Å². The van der Waals surface area contributed by atoms with Gasteiger partial charge in [-0.3, -0.25) is 9.48 Å². The Morgan fingerprint density at radius 3 is 2.59 bits per heavy atom. The molecule has 0 aromatic carbocycles. The summed E-state index contributed by atoms with van der Waals surface area (Å²) in [6, 6.07) is 5.44. The average molecular weight is 438 g/mol. The summed E-state index contributed by atoms with van der Waals surface area (Å²) in [5.74, 6) is 0.160. The molecule has 0 bridgehead atoms. The van der Waals surface area contributed by atoms with E-state index in [2.05, 4.69) is 10.1 Å². The molecule has 0 N–H and O–H groups in total. The topological polar surface area (TPSA) is 131 Å². The summed E-state index contributed by atoms with van der Waals surface area (Å²) in [7, 11) is 1.74. The van der Waals surface area contributed by atoms with Crippen LogP contribution in [0.25, 0.3) is 11.7 Å². The first kappa shape index (κ1) is 21.2. The minimum absolute atomic E-state index is 0.160. The highest BCUT2D eigenvalue weighted by molar-refractivity contribution is 5.93. The number of aromatic nitrogens is 3. The van der Waals surface area contributed by atoms with Gasteiger partial charge in [-0.15, -0.1) is 0 Å². The molecule has 0 unspecified atom stereocenters. The first-order valence-electron chi connectivity index (χ1n) is 10.0. The molecule has 0 radical (unpaired) electrons. The number of hydrogen-bond acceptors (Lipinski definition) is 9.